The van der Waals surface area contributed by atoms with Crippen molar-refractivity contribution < 1.29 is 9.13 Å². The van der Waals surface area contributed by atoms with E-state index in [1.807, 2.05) is 0 Å². The van der Waals surface area contributed by atoms with Crippen LogP contribution in [0.15, 0.2) is 24.4 Å². The first-order chi connectivity index (χ1) is 8.11. The lowest BCUT2D eigenvalue weighted by Crippen LogP contribution is -1.87. The Bertz CT molecular complexity index is 522. The number of ether oxygens (including phenoxy) is 1. The van der Waals surface area contributed by atoms with Gasteiger partial charge in [-0.15, -0.1) is 11.3 Å². The molecule has 2 rings (SSSR count). The van der Waals surface area contributed by atoms with E-state index in [0.29, 0.717) is 11.7 Å². The van der Waals surface area contributed by atoms with E-state index in [-0.39, 0.29) is 5.82 Å². The van der Waals surface area contributed by atoms with Crippen molar-refractivity contribution in [3.05, 3.63) is 35.2 Å². The molecule has 1 aromatic heterocycles. The zero-order valence-corrected chi connectivity index (χ0v) is 10.8. The molecule has 0 unspecified atom stereocenters. The first kappa shape index (κ1) is 12.0. The van der Waals surface area contributed by atoms with Gasteiger partial charge in [0.05, 0.1) is 17.0 Å². The summed E-state index contributed by atoms with van der Waals surface area (Å²) in [5, 5.41) is 1.05. The number of thiazole rings is 1. The average molecular weight is 251 g/mol. The normalized spacial score (nSPS) is 10.9. The third-order valence-corrected chi connectivity index (χ3v) is 3.78. The highest BCUT2D eigenvalue weighted by molar-refractivity contribution is 7.15. The number of hydrogen-bond donors (Lipinski definition) is 0. The van der Waals surface area contributed by atoms with Crippen molar-refractivity contribution in [3.8, 4) is 16.2 Å². The Morgan fingerprint density at radius 2 is 2.12 bits per heavy atom. The molecule has 0 spiro atoms. The Morgan fingerprint density at radius 3 is 2.71 bits per heavy atom. The van der Waals surface area contributed by atoms with Gasteiger partial charge in [0.1, 0.15) is 11.6 Å². The van der Waals surface area contributed by atoms with E-state index in [2.05, 4.69) is 18.8 Å². The van der Waals surface area contributed by atoms with Gasteiger partial charge in [0.25, 0.3) is 0 Å². The summed E-state index contributed by atoms with van der Waals surface area (Å²) in [5.74, 6) is 0.791. The predicted octanol–water partition coefficient (Wildman–Crippen LogP) is 4.08. The molecule has 0 atom stereocenters. The molecule has 17 heavy (non-hydrogen) atoms. The molecule has 90 valence electrons. The van der Waals surface area contributed by atoms with Crippen molar-refractivity contribution in [2.24, 2.45) is 0 Å². The van der Waals surface area contributed by atoms with Gasteiger partial charge in [-0.05, 0) is 18.2 Å². The topological polar surface area (TPSA) is 22.1 Å². The van der Waals surface area contributed by atoms with E-state index in [0.717, 1.165) is 15.4 Å². The number of methoxy groups -OCH3 is 1. The Balaban J connectivity index is 2.47. The summed E-state index contributed by atoms with van der Waals surface area (Å²) in [6, 6.07) is 4.52. The van der Waals surface area contributed by atoms with Crippen molar-refractivity contribution in [1.29, 1.82) is 0 Å². The summed E-state index contributed by atoms with van der Waals surface area (Å²) < 4.78 is 18.5. The maximum absolute atomic E-state index is 13.3. The molecule has 0 N–H and O–H groups in total. The first-order valence-corrected chi connectivity index (χ1v) is 6.23. The molecule has 2 aromatic rings. The lowest BCUT2D eigenvalue weighted by molar-refractivity contribution is 0.415. The number of nitrogens with zero attached hydrogens (tertiary/aromatic N) is 1. The fourth-order valence-electron chi connectivity index (χ4n) is 1.55. The molecule has 0 saturated carbocycles. The second-order valence-electron chi connectivity index (χ2n) is 4.06. The third kappa shape index (κ3) is 2.47. The summed E-state index contributed by atoms with van der Waals surface area (Å²) in [5.41, 5.74) is 0.761. The van der Waals surface area contributed by atoms with E-state index in [4.69, 9.17) is 4.74 Å². The molecule has 0 aliphatic carbocycles. The van der Waals surface area contributed by atoms with Crippen molar-refractivity contribution in [2.45, 2.75) is 19.8 Å². The summed E-state index contributed by atoms with van der Waals surface area (Å²) in [6.45, 7) is 4.18. The highest BCUT2D eigenvalue weighted by atomic mass is 32.1. The van der Waals surface area contributed by atoms with Crippen LogP contribution in [0.2, 0.25) is 0 Å². The Labute approximate surface area is 104 Å². The summed E-state index contributed by atoms with van der Waals surface area (Å²) in [7, 11) is 1.58. The minimum Gasteiger partial charge on any atom is -0.496 e. The molecule has 2 nitrogen and oxygen atoms in total. The van der Waals surface area contributed by atoms with Gasteiger partial charge in [0.2, 0.25) is 0 Å². The molecule has 1 heterocycles. The van der Waals surface area contributed by atoms with Crippen molar-refractivity contribution >= 4 is 11.3 Å². The Kier molecular flexibility index (Phi) is 3.43. The van der Waals surface area contributed by atoms with E-state index < -0.39 is 0 Å². The Hall–Kier alpha value is -1.42. The molecule has 4 heteroatoms. The van der Waals surface area contributed by atoms with E-state index in [1.165, 1.54) is 12.1 Å². The number of rotatable bonds is 3. The van der Waals surface area contributed by atoms with Crippen LogP contribution in [0, 0.1) is 5.82 Å². The van der Waals surface area contributed by atoms with Crippen LogP contribution in [0.1, 0.15) is 24.8 Å². The van der Waals surface area contributed by atoms with Gasteiger partial charge >= 0.3 is 0 Å². The molecule has 0 saturated heterocycles. The molecular formula is C13H14FNOS. The standard InChI is InChI=1S/C13H14FNOS/c1-8(2)13-15-7-12(17-13)10-6-9(14)4-5-11(10)16-3/h4-8H,1-3H3. The molecule has 1 aromatic carbocycles. The van der Waals surface area contributed by atoms with Gasteiger partial charge in [0.15, 0.2) is 0 Å². The molecule has 0 fully saturated rings. The second kappa shape index (κ2) is 4.84. The highest BCUT2D eigenvalue weighted by Crippen LogP contribution is 2.35. The number of benzene rings is 1. The molecule has 0 bridgehead atoms. The van der Waals surface area contributed by atoms with Crippen LogP contribution in [0.5, 0.6) is 5.75 Å². The quantitative estimate of drug-likeness (QED) is 0.820. The lowest BCUT2D eigenvalue weighted by Gasteiger charge is -2.05. The van der Waals surface area contributed by atoms with Crippen LogP contribution in [-0.2, 0) is 0 Å². The van der Waals surface area contributed by atoms with E-state index in [9.17, 15) is 4.39 Å². The largest absolute Gasteiger partial charge is 0.496 e. The molecule has 0 aliphatic rings. The maximum atomic E-state index is 13.3. The minimum atomic E-state index is -0.264. The Morgan fingerprint density at radius 1 is 1.35 bits per heavy atom. The van der Waals surface area contributed by atoms with Crippen LogP contribution < -0.4 is 4.74 Å². The van der Waals surface area contributed by atoms with E-state index >= 15 is 0 Å². The summed E-state index contributed by atoms with van der Waals surface area (Å²) >= 11 is 1.57. The van der Waals surface area contributed by atoms with Crippen LogP contribution in [0.3, 0.4) is 0 Å². The smallest absolute Gasteiger partial charge is 0.127 e. The van der Waals surface area contributed by atoms with Gasteiger partial charge in [-0.1, -0.05) is 13.8 Å². The molecular weight excluding hydrogens is 237 g/mol. The second-order valence-corrected chi connectivity index (χ2v) is 5.12. The first-order valence-electron chi connectivity index (χ1n) is 5.41. The van der Waals surface area contributed by atoms with Gasteiger partial charge in [-0.3, -0.25) is 0 Å². The fraction of sp³-hybridized carbons (Fsp3) is 0.308. The van der Waals surface area contributed by atoms with E-state index in [1.54, 1.807) is 30.7 Å². The lowest BCUT2D eigenvalue weighted by atomic mass is 10.2. The van der Waals surface area contributed by atoms with Gasteiger partial charge in [0, 0.05) is 17.7 Å². The molecule has 0 aliphatic heterocycles. The molecule has 0 amide bonds. The predicted molar refractivity (Wildman–Crippen MR) is 68.1 cm³/mol. The van der Waals surface area contributed by atoms with Crippen LogP contribution in [-0.4, -0.2) is 12.1 Å². The minimum absolute atomic E-state index is 0.264. The average Bonchev–Trinajstić information content (AvgIpc) is 2.78. The monoisotopic (exact) mass is 251 g/mol. The third-order valence-electron chi connectivity index (χ3n) is 2.44. The summed E-state index contributed by atoms with van der Waals surface area (Å²) in [6.07, 6.45) is 1.78. The summed E-state index contributed by atoms with van der Waals surface area (Å²) in [4.78, 5) is 5.27. The van der Waals surface area contributed by atoms with Gasteiger partial charge in [-0.25, -0.2) is 9.37 Å². The molecule has 0 radical (unpaired) electrons. The SMILES string of the molecule is COc1ccc(F)cc1-c1cnc(C(C)C)s1. The number of halogens is 1. The fourth-order valence-corrected chi connectivity index (χ4v) is 2.49. The highest BCUT2D eigenvalue weighted by Gasteiger charge is 2.12. The van der Waals surface area contributed by atoms with Crippen molar-refractivity contribution in [1.82, 2.24) is 4.98 Å². The maximum Gasteiger partial charge on any atom is 0.127 e. The zero-order valence-electron chi connectivity index (χ0n) is 10.0. The zero-order chi connectivity index (χ0) is 12.4. The van der Waals surface area contributed by atoms with Crippen LogP contribution in [0.25, 0.3) is 10.4 Å². The number of hydrogen-bond acceptors (Lipinski definition) is 3. The van der Waals surface area contributed by atoms with Gasteiger partial charge < -0.3 is 4.74 Å². The van der Waals surface area contributed by atoms with Crippen LogP contribution >= 0.6 is 11.3 Å². The van der Waals surface area contributed by atoms with Crippen molar-refractivity contribution in [3.63, 3.8) is 0 Å². The van der Waals surface area contributed by atoms with Crippen LogP contribution in [0.4, 0.5) is 4.39 Å². The van der Waals surface area contributed by atoms with Gasteiger partial charge in [-0.2, -0.15) is 0 Å². The number of aromatic nitrogens is 1. The van der Waals surface area contributed by atoms with Crippen molar-refractivity contribution in [2.75, 3.05) is 7.11 Å².